The quantitative estimate of drug-likeness (QED) is 0.206. The highest BCUT2D eigenvalue weighted by molar-refractivity contribution is 7.14. The fourth-order valence-electron chi connectivity index (χ4n) is 5.04. The summed E-state index contributed by atoms with van der Waals surface area (Å²) in [5, 5.41) is 11.9. The van der Waals surface area contributed by atoms with Crippen molar-refractivity contribution < 1.29 is 24.2 Å². The van der Waals surface area contributed by atoms with Crippen molar-refractivity contribution >= 4 is 23.0 Å². The molecule has 1 aliphatic heterocycles. The molecule has 41 heavy (non-hydrogen) atoms. The fraction of sp³-hybridized carbons (Fsp3) is 0.242. The Morgan fingerprint density at radius 3 is 2.27 bits per heavy atom. The maximum atomic E-state index is 13.9. The molecule has 0 aliphatic carbocycles. The number of hydrogen-bond acceptors (Lipinski definition) is 7. The molecule has 0 saturated heterocycles. The largest absolute Gasteiger partial charge is 0.503 e. The molecule has 0 bridgehead atoms. The second-order valence-electron chi connectivity index (χ2n) is 9.79. The van der Waals surface area contributed by atoms with Crippen molar-refractivity contribution in [3.63, 3.8) is 0 Å². The lowest BCUT2D eigenvalue weighted by atomic mass is 9.94. The van der Waals surface area contributed by atoms with E-state index in [9.17, 15) is 14.7 Å². The van der Waals surface area contributed by atoms with E-state index >= 15 is 0 Å². The predicted octanol–water partition coefficient (Wildman–Crippen LogP) is 6.56. The number of ether oxygens (including phenoxy) is 2. The summed E-state index contributed by atoms with van der Waals surface area (Å²) in [4.78, 5) is 33.8. The molecular formula is C33H32N2O5S. The van der Waals surface area contributed by atoms with Crippen LogP contribution in [0.15, 0.2) is 90.2 Å². The molecule has 0 fully saturated rings. The zero-order valence-electron chi connectivity index (χ0n) is 23.3. The van der Waals surface area contributed by atoms with Gasteiger partial charge >= 0.3 is 0 Å². The number of benzene rings is 3. The Balaban J connectivity index is 1.53. The van der Waals surface area contributed by atoms with Crippen LogP contribution in [0.25, 0.3) is 0 Å². The highest BCUT2D eigenvalue weighted by atomic mass is 32.1. The van der Waals surface area contributed by atoms with Crippen molar-refractivity contribution in [1.82, 2.24) is 9.88 Å². The smallest absolute Gasteiger partial charge is 0.290 e. The van der Waals surface area contributed by atoms with Crippen molar-refractivity contribution in [3.8, 4) is 11.5 Å². The third-order valence-corrected chi connectivity index (χ3v) is 8.03. The van der Waals surface area contributed by atoms with E-state index < -0.39 is 23.5 Å². The molecule has 1 aromatic heterocycles. The number of carbonyl (C=O) groups is 2. The number of ketones is 1. The van der Waals surface area contributed by atoms with Crippen LogP contribution in [0.3, 0.4) is 0 Å². The van der Waals surface area contributed by atoms with Gasteiger partial charge in [-0.15, -0.1) is 11.3 Å². The standard InChI is InChI=1S/C33H32N2O5S/c1-4-39-27-19-25(15-16-26(27)40-20-24-13-9-6-10-14-24)29-28(30(36)32-21(2)34-22(3)41-32)31(37)33(38)35(29)18-17-23-11-7-5-8-12-23/h5-16,19,29,37H,4,17-18,20H2,1-3H3. The first-order valence-electron chi connectivity index (χ1n) is 13.6. The van der Waals surface area contributed by atoms with Gasteiger partial charge in [0, 0.05) is 6.54 Å². The second-order valence-corrected chi connectivity index (χ2v) is 11.0. The molecule has 210 valence electrons. The van der Waals surface area contributed by atoms with Crippen LogP contribution in [-0.4, -0.2) is 39.8 Å². The first-order valence-corrected chi connectivity index (χ1v) is 14.4. The summed E-state index contributed by atoms with van der Waals surface area (Å²) in [5.41, 5.74) is 3.34. The number of nitrogens with zero attached hydrogens (tertiary/aromatic N) is 2. The van der Waals surface area contributed by atoms with Gasteiger partial charge in [-0.25, -0.2) is 4.98 Å². The lowest BCUT2D eigenvalue weighted by Crippen LogP contribution is -2.33. The molecule has 8 heteroatoms. The highest BCUT2D eigenvalue weighted by Gasteiger charge is 2.44. The summed E-state index contributed by atoms with van der Waals surface area (Å²) in [6.45, 7) is 6.55. The van der Waals surface area contributed by atoms with Crippen LogP contribution < -0.4 is 9.47 Å². The van der Waals surface area contributed by atoms with E-state index in [2.05, 4.69) is 4.98 Å². The number of aliphatic hydroxyl groups is 1. The Morgan fingerprint density at radius 2 is 1.63 bits per heavy atom. The van der Waals surface area contributed by atoms with Gasteiger partial charge < -0.3 is 19.5 Å². The van der Waals surface area contributed by atoms with Crippen molar-refractivity contribution in [1.29, 1.82) is 0 Å². The zero-order chi connectivity index (χ0) is 28.9. The number of carbonyl (C=O) groups excluding carboxylic acids is 2. The summed E-state index contributed by atoms with van der Waals surface area (Å²) >= 11 is 1.26. The molecule has 0 spiro atoms. The van der Waals surface area contributed by atoms with E-state index in [1.165, 1.54) is 11.3 Å². The Labute approximate surface area is 243 Å². The summed E-state index contributed by atoms with van der Waals surface area (Å²) < 4.78 is 12.0. The zero-order valence-corrected chi connectivity index (χ0v) is 24.1. The molecular weight excluding hydrogens is 536 g/mol. The highest BCUT2D eigenvalue weighted by Crippen LogP contribution is 2.42. The fourth-order valence-corrected chi connectivity index (χ4v) is 5.91. The van der Waals surface area contributed by atoms with Crippen LogP contribution in [-0.2, 0) is 17.8 Å². The summed E-state index contributed by atoms with van der Waals surface area (Å²) in [7, 11) is 0. The third-order valence-electron chi connectivity index (χ3n) is 6.96. The molecule has 1 atom stereocenters. The van der Waals surface area contributed by atoms with Crippen LogP contribution in [0, 0.1) is 13.8 Å². The van der Waals surface area contributed by atoms with Crippen molar-refractivity contribution in [2.45, 2.75) is 39.8 Å². The number of thiazole rings is 1. The molecule has 7 nitrogen and oxygen atoms in total. The predicted molar refractivity (Wildman–Crippen MR) is 159 cm³/mol. The van der Waals surface area contributed by atoms with Crippen LogP contribution in [0.1, 0.15) is 50.0 Å². The molecule has 1 aliphatic rings. The van der Waals surface area contributed by atoms with Crippen molar-refractivity contribution in [2.24, 2.45) is 0 Å². The second kappa shape index (κ2) is 12.4. The number of aliphatic hydroxyl groups excluding tert-OH is 1. The van der Waals surface area contributed by atoms with Crippen LogP contribution >= 0.6 is 11.3 Å². The van der Waals surface area contributed by atoms with Gasteiger partial charge in [-0.1, -0.05) is 66.7 Å². The number of Topliss-reactive ketones (excluding diaryl/α,β-unsaturated/α-hetero) is 1. The van der Waals surface area contributed by atoms with Crippen LogP contribution in [0.4, 0.5) is 0 Å². The number of hydrogen-bond donors (Lipinski definition) is 1. The molecule has 1 N–H and O–H groups in total. The van der Waals surface area contributed by atoms with Gasteiger partial charge in [-0.2, -0.15) is 0 Å². The van der Waals surface area contributed by atoms with Gasteiger partial charge in [0.25, 0.3) is 5.91 Å². The monoisotopic (exact) mass is 568 g/mol. The number of amides is 1. The van der Waals surface area contributed by atoms with Gasteiger partial charge in [0.1, 0.15) is 6.61 Å². The molecule has 5 rings (SSSR count). The van der Waals surface area contributed by atoms with E-state index in [-0.39, 0.29) is 5.57 Å². The molecule has 3 aromatic carbocycles. The normalized spacial score (nSPS) is 15.0. The average molecular weight is 569 g/mol. The van der Waals surface area contributed by atoms with Gasteiger partial charge in [-0.05, 0) is 56.0 Å². The Bertz CT molecular complexity index is 1580. The van der Waals surface area contributed by atoms with Crippen LogP contribution in [0.2, 0.25) is 0 Å². The number of aryl methyl sites for hydroxylation is 2. The Kier molecular flexibility index (Phi) is 8.50. The minimum Gasteiger partial charge on any atom is -0.503 e. The summed E-state index contributed by atoms with van der Waals surface area (Å²) in [6, 6.07) is 24.3. The summed E-state index contributed by atoms with van der Waals surface area (Å²) in [5.74, 6) is -0.445. The number of aromatic nitrogens is 1. The first kappa shape index (κ1) is 28.1. The van der Waals surface area contributed by atoms with E-state index in [0.29, 0.717) is 53.8 Å². The maximum absolute atomic E-state index is 13.9. The Morgan fingerprint density at radius 1 is 0.951 bits per heavy atom. The van der Waals surface area contributed by atoms with Crippen molar-refractivity contribution in [2.75, 3.05) is 13.2 Å². The average Bonchev–Trinajstić information content (AvgIpc) is 3.46. The molecule has 1 unspecified atom stereocenters. The molecule has 2 heterocycles. The first-order chi connectivity index (χ1) is 19.9. The van der Waals surface area contributed by atoms with Gasteiger partial charge in [-0.3, -0.25) is 9.59 Å². The van der Waals surface area contributed by atoms with Gasteiger partial charge in [0.05, 0.1) is 33.8 Å². The van der Waals surface area contributed by atoms with E-state index in [4.69, 9.17) is 9.47 Å². The lowest BCUT2D eigenvalue weighted by molar-refractivity contribution is -0.129. The maximum Gasteiger partial charge on any atom is 0.290 e. The molecule has 0 saturated carbocycles. The Hall–Kier alpha value is -4.43. The van der Waals surface area contributed by atoms with Crippen molar-refractivity contribution in [3.05, 3.63) is 122 Å². The topological polar surface area (TPSA) is 89.0 Å². The third kappa shape index (κ3) is 6.02. The van der Waals surface area contributed by atoms with E-state index in [1.54, 1.807) is 24.0 Å². The van der Waals surface area contributed by atoms with E-state index in [1.807, 2.05) is 80.6 Å². The van der Waals surface area contributed by atoms with E-state index in [0.717, 1.165) is 16.1 Å². The molecule has 4 aromatic rings. The van der Waals surface area contributed by atoms with Gasteiger partial charge in [0.2, 0.25) is 5.78 Å². The minimum atomic E-state index is -0.803. The number of rotatable bonds is 11. The molecule has 0 radical (unpaired) electrons. The van der Waals surface area contributed by atoms with Gasteiger partial charge in [0.15, 0.2) is 17.3 Å². The van der Waals surface area contributed by atoms with Crippen LogP contribution in [0.5, 0.6) is 11.5 Å². The summed E-state index contributed by atoms with van der Waals surface area (Å²) in [6.07, 6.45) is 0.563. The molecule has 1 amide bonds. The minimum absolute atomic E-state index is 0.0511. The SMILES string of the molecule is CCOc1cc(C2C(C(=O)c3sc(C)nc3C)=C(O)C(=O)N2CCc2ccccc2)ccc1OCc1ccccc1. The lowest BCUT2D eigenvalue weighted by Gasteiger charge is -2.27.